The summed E-state index contributed by atoms with van der Waals surface area (Å²) in [4.78, 5) is 13.2. The molecule has 0 aromatic heterocycles. The van der Waals surface area contributed by atoms with E-state index in [1.807, 2.05) is 13.8 Å². The van der Waals surface area contributed by atoms with Gasteiger partial charge in [0.1, 0.15) is 0 Å². The van der Waals surface area contributed by atoms with Gasteiger partial charge in [-0.25, -0.2) is 17.5 Å². The van der Waals surface area contributed by atoms with Crippen molar-refractivity contribution in [1.82, 2.24) is 14.5 Å². The van der Waals surface area contributed by atoms with Crippen molar-refractivity contribution in [3.8, 4) is 0 Å². The molecule has 106 valence electrons. The first-order chi connectivity index (χ1) is 8.51. The number of carbonyl (C=O) groups is 1. The highest BCUT2D eigenvalue weighted by atomic mass is 32.2. The van der Waals surface area contributed by atoms with Crippen molar-refractivity contribution in [2.45, 2.75) is 26.7 Å². The van der Waals surface area contributed by atoms with E-state index in [2.05, 4.69) is 5.32 Å². The van der Waals surface area contributed by atoms with Gasteiger partial charge in [-0.05, 0) is 26.7 Å². The fourth-order valence-electron chi connectivity index (χ4n) is 2.00. The SMILES string of the molecule is CCN(CC)C(=O)NCCS(=O)(=O)N1CCCC1. The highest BCUT2D eigenvalue weighted by Gasteiger charge is 2.24. The third-order valence-electron chi connectivity index (χ3n) is 3.15. The van der Waals surface area contributed by atoms with E-state index < -0.39 is 10.0 Å². The van der Waals surface area contributed by atoms with Crippen LogP contribution >= 0.6 is 0 Å². The van der Waals surface area contributed by atoms with Crippen LogP contribution in [0, 0.1) is 0 Å². The lowest BCUT2D eigenvalue weighted by molar-refractivity contribution is 0.204. The zero-order valence-corrected chi connectivity index (χ0v) is 12.0. The third-order valence-corrected chi connectivity index (χ3v) is 5.02. The topological polar surface area (TPSA) is 69.7 Å². The molecule has 0 spiro atoms. The Morgan fingerprint density at radius 3 is 2.28 bits per heavy atom. The van der Waals surface area contributed by atoms with E-state index in [0.29, 0.717) is 26.2 Å². The van der Waals surface area contributed by atoms with Crippen molar-refractivity contribution in [2.24, 2.45) is 0 Å². The van der Waals surface area contributed by atoms with Gasteiger partial charge in [-0.1, -0.05) is 0 Å². The molecule has 7 heteroatoms. The lowest BCUT2D eigenvalue weighted by atomic mass is 10.4. The molecular weight excluding hydrogens is 254 g/mol. The van der Waals surface area contributed by atoms with Crippen LogP contribution in [0.5, 0.6) is 0 Å². The summed E-state index contributed by atoms with van der Waals surface area (Å²) in [5, 5.41) is 2.65. The summed E-state index contributed by atoms with van der Waals surface area (Å²) in [6.07, 6.45) is 1.87. The van der Waals surface area contributed by atoms with E-state index in [9.17, 15) is 13.2 Å². The van der Waals surface area contributed by atoms with Gasteiger partial charge in [0.25, 0.3) is 0 Å². The van der Waals surface area contributed by atoms with Crippen LogP contribution in [-0.2, 0) is 10.0 Å². The number of sulfonamides is 1. The summed E-state index contributed by atoms with van der Waals surface area (Å²) < 4.78 is 25.3. The summed E-state index contributed by atoms with van der Waals surface area (Å²) in [6, 6.07) is -0.198. The molecule has 6 nitrogen and oxygen atoms in total. The van der Waals surface area contributed by atoms with Gasteiger partial charge < -0.3 is 10.2 Å². The Labute approximate surface area is 109 Å². The van der Waals surface area contributed by atoms with Crippen LogP contribution in [0.2, 0.25) is 0 Å². The number of nitrogens with zero attached hydrogens (tertiary/aromatic N) is 2. The molecule has 0 unspecified atom stereocenters. The molecule has 1 saturated heterocycles. The van der Waals surface area contributed by atoms with E-state index in [4.69, 9.17) is 0 Å². The Bertz CT molecular complexity index is 360. The van der Waals surface area contributed by atoms with Gasteiger partial charge in [-0.15, -0.1) is 0 Å². The summed E-state index contributed by atoms with van der Waals surface area (Å²) in [5.74, 6) is -0.0139. The Balaban J connectivity index is 2.34. The van der Waals surface area contributed by atoms with Crippen molar-refractivity contribution in [3.63, 3.8) is 0 Å². The fraction of sp³-hybridized carbons (Fsp3) is 0.909. The van der Waals surface area contributed by atoms with Crippen LogP contribution in [-0.4, -0.2) is 62.1 Å². The molecule has 1 aliphatic heterocycles. The molecule has 1 N–H and O–H groups in total. The van der Waals surface area contributed by atoms with Gasteiger partial charge in [0.2, 0.25) is 10.0 Å². The van der Waals surface area contributed by atoms with Crippen LogP contribution in [0.25, 0.3) is 0 Å². The zero-order valence-electron chi connectivity index (χ0n) is 11.2. The van der Waals surface area contributed by atoms with Crippen LogP contribution in [0.15, 0.2) is 0 Å². The van der Waals surface area contributed by atoms with Gasteiger partial charge in [0, 0.05) is 32.7 Å². The zero-order chi connectivity index (χ0) is 13.6. The van der Waals surface area contributed by atoms with E-state index in [-0.39, 0.29) is 18.3 Å². The Kier molecular flexibility index (Phi) is 5.87. The van der Waals surface area contributed by atoms with Crippen molar-refractivity contribution in [3.05, 3.63) is 0 Å². The van der Waals surface area contributed by atoms with E-state index in [1.165, 1.54) is 4.31 Å². The van der Waals surface area contributed by atoms with Crippen LogP contribution in [0.3, 0.4) is 0 Å². The molecular formula is C11H23N3O3S. The summed E-state index contributed by atoms with van der Waals surface area (Å²) in [7, 11) is -3.19. The predicted molar refractivity (Wildman–Crippen MR) is 70.9 cm³/mol. The largest absolute Gasteiger partial charge is 0.337 e. The highest BCUT2D eigenvalue weighted by molar-refractivity contribution is 7.89. The molecule has 2 amide bonds. The fourth-order valence-corrected chi connectivity index (χ4v) is 3.44. The number of nitrogens with one attached hydrogen (secondary N) is 1. The van der Waals surface area contributed by atoms with Crippen LogP contribution in [0.4, 0.5) is 4.79 Å². The standard InChI is InChI=1S/C11H23N3O3S/c1-3-13(4-2)11(15)12-7-10-18(16,17)14-8-5-6-9-14/h3-10H2,1-2H3,(H,12,15). The van der Waals surface area contributed by atoms with Crippen molar-refractivity contribution >= 4 is 16.1 Å². The van der Waals surface area contributed by atoms with Gasteiger partial charge >= 0.3 is 6.03 Å². The van der Waals surface area contributed by atoms with E-state index in [1.54, 1.807) is 4.90 Å². The predicted octanol–water partition coefficient (Wildman–Crippen LogP) is 0.463. The monoisotopic (exact) mass is 277 g/mol. The average molecular weight is 277 g/mol. The van der Waals surface area contributed by atoms with Crippen LogP contribution in [0.1, 0.15) is 26.7 Å². The summed E-state index contributed by atoms with van der Waals surface area (Å²) in [5.41, 5.74) is 0. The Hall–Kier alpha value is -0.820. The number of urea groups is 1. The maximum absolute atomic E-state index is 11.9. The highest BCUT2D eigenvalue weighted by Crippen LogP contribution is 2.12. The molecule has 0 atom stereocenters. The number of amides is 2. The number of rotatable bonds is 6. The summed E-state index contributed by atoms with van der Waals surface area (Å²) in [6.45, 7) is 6.45. The molecule has 18 heavy (non-hydrogen) atoms. The molecule has 0 aromatic rings. The molecule has 0 radical (unpaired) electrons. The maximum Gasteiger partial charge on any atom is 0.317 e. The lowest BCUT2D eigenvalue weighted by Gasteiger charge is -2.20. The number of carbonyl (C=O) groups excluding carboxylic acids is 1. The van der Waals surface area contributed by atoms with Gasteiger partial charge in [-0.3, -0.25) is 0 Å². The summed E-state index contributed by atoms with van der Waals surface area (Å²) >= 11 is 0. The van der Waals surface area contributed by atoms with Gasteiger partial charge in [-0.2, -0.15) is 0 Å². The number of hydrogen-bond donors (Lipinski definition) is 1. The lowest BCUT2D eigenvalue weighted by Crippen LogP contribution is -2.42. The van der Waals surface area contributed by atoms with Crippen molar-refractivity contribution < 1.29 is 13.2 Å². The molecule has 0 aromatic carbocycles. The quantitative estimate of drug-likeness (QED) is 0.767. The molecule has 1 rings (SSSR count). The van der Waals surface area contributed by atoms with Gasteiger partial charge in [0.05, 0.1) is 5.75 Å². The third kappa shape index (κ3) is 4.13. The minimum atomic E-state index is -3.19. The second-order valence-corrected chi connectivity index (χ2v) is 6.41. The number of hydrogen-bond acceptors (Lipinski definition) is 3. The first-order valence-electron chi connectivity index (χ1n) is 6.51. The Morgan fingerprint density at radius 1 is 1.22 bits per heavy atom. The van der Waals surface area contributed by atoms with E-state index >= 15 is 0 Å². The smallest absolute Gasteiger partial charge is 0.317 e. The molecule has 1 heterocycles. The second kappa shape index (κ2) is 6.94. The molecule has 0 bridgehead atoms. The van der Waals surface area contributed by atoms with Crippen molar-refractivity contribution in [1.29, 1.82) is 0 Å². The van der Waals surface area contributed by atoms with Crippen molar-refractivity contribution in [2.75, 3.05) is 38.5 Å². The average Bonchev–Trinajstić information content (AvgIpc) is 2.84. The maximum atomic E-state index is 11.9. The van der Waals surface area contributed by atoms with Gasteiger partial charge in [0.15, 0.2) is 0 Å². The second-order valence-electron chi connectivity index (χ2n) is 4.33. The Morgan fingerprint density at radius 2 is 1.78 bits per heavy atom. The molecule has 1 aliphatic rings. The first-order valence-corrected chi connectivity index (χ1v) is 8.12. The normalized spacial score (nSPS) is 16.8. The van der Waals surface area contributed by atoms with E-state index in [0.717, 1.165) is 12.8 Å². The molecule has 0 saturated carbocycles. The minimum Gasteiger partial charge on any atom is -0.337 e. The molecule has 1 fully saturated rings. The van der Waals surface area contributed by atoms with Crippen LogP contribution < -0.4 is 5.32 Å². The molecule has 0 aliphatic carbocycles. The minimum absolute atomic E-state index is 0.0139. The first kappa shape index (κ1) is 15.2.